The van der Waals surface area contributed by atoms with Gasteiger partial charge in [0.05, 0.1) is 28.6 Å². The number of aryl methyl sites for hydroxylation is 1. The van der Waals surface area contributed by atoms with Gasteiger partial charge in [-0.15, -0.1) is 11.8 Å². The number of benzene rings is 2. The predicted molar refractivity (Wildman–Crippen MR) is 117 cm³/mol. The third-order valence-electron chi connectivity index (χ3n) is 4.50. The average Bonchev–Trinajstić information content (AvgIpc) is 3.33. The van der Waals surface area contributed by atoms with Crippen molar-refractivity contribution >= 4 is 35.0 Å². The van der Waals surface area contributed by atoms with Gasteiger partial charge in [-0.2, -0.15) is 5.10 Å². The molecule has 4 nitrogen and oxygen atoms in total. The number of hydrogen-bond acceptors (Lipinski definition) is 3. The third-order valence-corrected chi connectivity index (χ3v) is 5.90. The standard InChI is InChI=1S/C21H18Cl2N4S/c1-14-3-5-15(6-4-14)12-27-19(16-7-8-17(22)18(23)11-16)20(21(25-27)28-2)26-10-9-24-13-26/h3-11,13H,12H2,1-2H3. The van der Waals surface area contributed by atoms with Gasteiger partial charge in [0.25, 0.3) is 0 Å². The molecule has 2 heterocycles. The smallest absolute Gasteiger partial charge is 0.143 e. The quantitative estimate of drug-likeness (QED) is 0.359. The molecule has 0 N–H and O–H groups in total. The maximum absolute atomic E-state index is 6.33. The first-order valence-electron chi connectivity index (χ1n) is 8.71. The van der Waals surface area contributed by atoms with Gasteiger partial charge in [-0.3, -0.25) is 4.68 Å². The molecular formula is C21H18Cl2N4S. The van der Waals surface area contributed by atoms with Crippen LogP contribution in [0.15, 0.2) is 66.2 Å². The molecule has 0 amide bonds. The topological polar surface area (TPSA) is 35.6 Å². The fraction of sp³-hybridized carbons (Fsp3) is 0.143. The molecule has 0 aliphatic rings. The number of nitrogens with zero attached hydrogens (tertiary/aromatic N) is 4. The number of halogens is 2. The Labute approximate surface area is 178 Å². The van der Waals surface area contributed by atoms with Gasteiger partial charge in [0.1, 0.15) is 10.7 Å². The van der Waals surface area contributed by atoms with E-state index in [4.69, 9.17) is 28.3 Å². The second-order valence-corrected chi connectivity index (χ2v) is 8.06. The van der Waals surface area contributed by atoms with E-state index < -0.39 is 0 Å². The maximum Gasteiger partial charge on any atom is 0.143 e. The van der Waals surface area contributed by atoms with E-state index in [0.29, 0.717) is 16.6 Å². The fourth-order valence-corrected chi connectivity index (χ4v) is 3.98. The molecule has 0 bridgehead atoms. The highest BCUT2D eigenvalue weighted by atomic mass is 35.5. The van der Waals surface area contributed by atoms with E-state index in [-0.39, 0.29) is 0 Å². The summed E-state index contributed by atoms with van der Waals surface area (Å²) in [6.45, 7) is 2.74. The maximum atomic E-state index is 6.33. The summed E-state index contributed by atoms with van der Waals surface area (Å²) >= 11 is 14.1. The molecule has 0 radical (unpaired) electrons. The van der Waals surface area contributed by atoms with Gasteiger partial charge in [0.2, 0.25) is 0 Å². The van der Waals surface area contributed by atoms with E-state index in [1.165, 1.54) is 11.1 Å². The highest BCUT2D eigenvalue weighted by molar-refractivity contribution is 7.98. The highest BCUT2D eigenvalue weighted by Crippen LogP contribution is 2.37. The van der Waals surface area contributed by atoms with E-state index in [1.54, 1.807) is 24.3 Å². The summed E-state index contributed by atoms with van der Waals surface area (Å²) in [5, 5.41) is 6.86. The van der Waals surface area contributed by atoms with Gasteiger partial charge < -0.3 is 4.57 Å². The molecule has 2 aromatic carbocycles. The Balaban J connectivity index is 1.92. The Morgan fingerprint density at radius 2 is 1.82 bits per heavy atom. The molecule has 7 heteroatoms. The van der Waals surface area contributed by atoms with Crippen LogP contribution in [-0.4, -0.2) is 25.6 Å². The normalized spacial score (nSPS) is 11.1. The molecule has 28 heavy (non-hydrogen) atoms. The van der Waals surface area contributed by atoms with Crippen LogP contribution in [0.3, 0.4) is 0 Å². The fourth-order valence-electron chi connectivity index (χ4n) is 3.10. The molecule has 0 aliphatic heterocycles. The molecular weight excluding hydrogens is 411 g/mol. The Kier molecular flexibility index (Phi) is 5.49. The summed E-state index contributed by atoms with van der Waals surface area (Å²) in [5.41, 5.74) is 5.33. The number of hydrogen-bond donors (Lipinski definition) is 0. The van der Waals surface area contributed by atoms with Gasteiger partial charge in [-0.1, -0.05) is 59.1 Å². The van der Waals surface area contributed by atoms with Crippen molar-refractivity contribution in [2.75, 3.05) is 6.26 Å². The Morgan fingerprint density at radius 3 is 2.46 bits per heavy atom. The summed E-state index contributed by atoms with van der Waals surface area (Å²) in [5.74, 6) is 0. The van der Waals surface area contributed by atoms with E-state index in [2.05, 4.69) is 36.2 Å². The van der Waals surface area contributed by atoms with Crippen molar-refractivity contribution in [1.29, 1.82) is 0 Å². The first kappa shape index (κ1) is 19.1. The summed E-state index contributed by atoms with van der Waals surface area (Å²) in [4.78, 5) is 4.21. The van der Waals surface area contributed by atoms with Crippen LogP contribution >= 0.6 is 35.0 Å². The molecule has 2 aromatic heterocycles. The molecule has 0 saturated heterocycles. The zero-order valence-electron chi connectivity index (χ0n) is 15.4. The first-order chi connectivity index (χ1) is 13.6. The molecule has 4 aromatic rings. The van der Waals surface area contributed by atoms with Crippen LogP contribution in [-0.2, 0) is 6.54 Å². The van der Waals surface area contributed by atoms with Crippen molar-refractivity contribution in [3.05, 3.63) is 82.4 Å². The summed E-state index contributed by atoms with van der Waals surface area (Å²) in [7, 11) is 0. The van der Waals surface area contributed by atoms with Crippen molar-refractivity contribution in [3.63, 3.8) is 0 Å². The van der Waals surface area contributed by atoms with E-state index >= 15 is 0 Å². The van der Waals surface area contributed by atoms with Crippen molar-refractivity contribution in [2.45, 2.75) is 18.5 Å². The molecule has 142 valence electrons. The molecule has 0 spiro atoms. The summed E-state index contributed by atoms with van der Waals surface area (Å²) in [6, 6.07) is 14.2. The Bertz CT molecular complexity index is 1100. The molecule has 0 saturated carbocycles. The summed E-state index contributed by atoms with van der Waals surface area (Å²) < 4.78 is 4.01. The lowest BCUT2D eigenvalue weighted by Gasteiger charge is -2.12. The molecule has 4 rings (SSSR count). The van der Waals surface area contributed by atoms with Crippen LogP contribution in [0.2, 0.25) is 10.0 Å². The monoisotopic (exact) mass is 428 g/mol. The third kappa shape index (κ3) is 3.70. The van der Waals surface area contributed by atoms with Crippen LogP contribution in [0.25, 0.3) is 16.9 Å². The van der Waals surface area contributed by atoms with Gasteiger partial charge in [0.15, 0.2) is 0 Å². The van der Waals surface area contributed by atoms with Crippen LogP contribution in [0.1, 0.15) is 11.1 Å². The molecule has 0 atom stereocenters. The van der Waals surface area contributed by atoms with E-state index in [9.17, 15) is 0 Å². The van der Waals surface area contributed by atoms with Gasteiger partial charge >= 0.3 is 0 Å². The summed E-state index contributed by atoms with van der Waals surface area (Å²) in [6.07, 6.45) is 7.50. The lowest BCUT2D eigenvalue weighted by atomic mass is 10.1. The van der Waals surface area contributed by atoms with E-state index in [1.807, 2.05) is 39.9 Å². The van der Waals surface area contributed by atoms with E-state index in [0.717, 1.165) is 22.0 Å². The highest BCUT2D eigenvalue weighted by Gasteiger charge is 2.21. The zero-order valence-corrected chi connectivity index (χ0v) is 17.8. The van der Waals surface area contributed by atoms with Crippen molar-refractivity contribution < 1.29 is 0 Å². The zero-order chi connectivity index (χ0) is 19.7. The first-order valence-corrected chi connectivity index (χ1v) is 10.7. The minimum absolute atomic E-state index is 0.518. The number of thioether (sulfide) groups is 1. The largest absolute Gasteiger partial charge is 0.302 e. The van der Waals surface area contributed by atoms with Crippen molar-refractivity contribution in [3.8, 4) is 16.9 Å². The van der Waals surface area contributed by atoms with Crippen molar-refractivity contribution in [1.82, 2.24) is 19.3 Å². The van der Waals surface area contributed by atoms with Gasteiger partial charge in [-0.25, -0.2) is 4.98 Å². The lowest BCUT2D eigenvalue weighted by Crippen LogP contribution is -2.05. The average molecular weight is 429 g/mol. The number of aromatic nitrogens is 4. The lowest BCUT2D eigenvalue weighted by molar-refractivity contribution is 0.673. The van der Waals surface area contributed by atoms with Crippen molar-refractivity contribution in [2.24, 2.45) is 0 Å². The molecule has 0 aliphatic carbocycles. The second-order valence-electron chi connectivity index (χ2n) is 6.45. The minimum Gasteiger partial charge on any atom is -0.302 e. The second kappa shape index (κ2) is 8.03. The van der Waals surface area contributed by atoms with Crippen LogP contribution < -0.4 is 0 Å². The Morgan fingerprint density at radius 1 is 1.04 bits per heavy atom. The molecule has 0 unspecified atom stereocenters. The minimum atomic E-state index is 0.518. The SMILES string of the molecule is CSc1nn(Cc2ccc(C)cc2)c(-c2ccc(Cl)c(Cl)c2)c1-n1ccnc1. The molecule has 0 fully saturated rings. The van der Waals surface area contributed by atoms with Gasteiger partial charge in [0, 0.05) is 18.0 Å². The Hall–Kier alpha value is -2.21. The van der Waals surface area contributed by atoms with Crippen LogP contribution in [0, 0.1) is 6.92 Å². The number of imidazole rings is 1. The van der Waals surface area contributed by atoms with Gasteiger partial charge in [-0.05, 0) is 30.9 Å². The number of rotatable bonds is 5. The predicted octanol–water partition coefficient (Wildman–Crippen LogP) is 6.12. The van der Waals surface area contributed by atoms with Crippen LogP contribution in [0.4, 0.5) is 0 Å². The van der Waals surface area contributed by atoms with Crippen LogP contribution in [0.5, 0.6) is 0 Å².